The Hall–Kier alpha value is -3.89. The van der Waals surface area contributed by atoms with Gasteiger partial charge < -0.3 is 24.6 Å². The van der Waals surface area contributed by atoms with E-state index in [1.165, 1.54) is 18.1 Å². The zero-order chi connectivity index (χ0) is 23.1. The second kappa shape index (κ2) is 10.4. The van der Waals surface area contributed by atoms with Crippen LogP contribution in [-0.2, 0) is 9.53 Å². The van der Waals surface area contributed by atoms with E-state index >= 15 is 0 Å². The van der Waals surface area contributed by atoms with Crippen molar-refractivity contribution in [2.24, 2.45) is 0 Å². The van der Waals surface area contributed by atoms with E-state index in [-0.39, 0.29) is 50.9 Å². The molecule has 11 heteroatoms. The summed E-state index contributed by atoms with van der Waals surface area (Å²) in [6, 6.07) is 8.25. The van der Waals surface area contributed by atoms with Crippen molar-refractivity contribution >= 4 is 34.8 Å². The molecule has 3 rings (SSSR count). The number of rotatable bonds is 5. The molecule has 0 aliphatic carbocycles. The lowest BCUT2D eigenvalue weighted by molar-refractivity contribution is -0.131. The number of benzene rings is 1. The van der Waals surface area contributed by atoms with E-state index in [0.29, 0.717) is 11.3 Å². The van der Waals surface area contributed by atoms with Crippen molar-refractivity contribution in [1.82, 2.24) is 25.4 Å². The fraction of sp³-hybridized carbons (Fsp3) is 0.381. The zero-order valence-corrected chi connectivity index (χ0v) is 17.9. The first-order valence-corrected chi connectivity index (χ1v) is 10.1. The van der Waals surface area contributed by atoms with Gasteiger partial charge in [-0.15, -0.1) is 0 Å². The average Bonchev–Trinajstić information content (AvgIpc) is 2.81. The van der Waals surface area contributed by atoms with Gasteiger partial charge in [0, 0.05) is 37.6 Å². The predicted molar refractivity (Wildman–Crippen MR) is 114 cm³/mol. The monoisotopic (exact) mass is 443 g/mol. The quantitative estimate of drug-likeness (QED) is 0.705. The van der Waals surface area contributed by atoms with Crippen LogP contribution in [0.3, 0.4) is 0 Å². The summed E-state index contributed by atoms with van der Waals surface area (Å²) in [7, 11) is 1.51. The van der Waals surface area contributed by atoms with Crippen molar-refractivity contribution in [3.05, 3.63) is 36.0 Å². The fourth-order valence-corrected chi connectivity index (χ4v) is 3.28. The molecule has 1 aromatic heterocycles. The van der Waals surface area contributed by atoms with E-state index in [9.17, 15) is 19.2 Å². The molecule has 0 unspecified atom stereocenters. The van der Waals surface area contributed by atoms with Crippen LogP contribution in [0.1, 0.15) is 17.4 Å². The van der Waals surface area contributed by atoms with Crippen molar-refractivity contribution in [3.63, 3.8) is 0 Å². The minimum atomic E-state index is -0.808. The van der Waals surface area contributed by atoms with Crippen LogP contribution in [-0.4, -0.2) is 85.2 Å². The van der Waals surface area contributed by atoms with Gasteiger partial charge in [0.15, 0.2) is 0 Å². The highest BCUT2D eigenvalue weighted by molar-refractivity contribution is 5.98. The Labute approximate surface area is 184 Å². The number of alkyl carbamates (subject to hydrolysis) is 1. The van der Waals surface area contributed by atoms with Crippen LogP contribution in [0.15, 0.2) is 30.3 Å². The van der Waals surface area contributed by atoms with E-state index < -0.39 is 18.0 Å². The molecule has 1 aliphatic rings. The largest absolute Gasteiger partial charge is 0.496 e. The summed E-state index contributed by atoms with van der Waals surface area (Å²) in [6.45, 7) is 2.68. The van der Waals surface area contributed by atoms with Crippen LogP contribution < -0.4 is 15.4 Å². The summed E-state index contributed by atoms with van der Waals surface area (Å²) >= 11 is 0. The van der Waals surface area contributed by atoms with E-state index in [1.54, 1.807) is 17.9 Å². The van der Waals surface area contributed by atoms with Gasteiger partial charge in [-0.25, -0.2) is 19.9 Å². The Morgan fingerprint density at radius 3 is 2.44 bits per heavy atom. The summed E-state index contributed by atoms with van der Waals surface area (Å²) in [4.78, 5) is 55.7. The van der Waals surface area contributed by atoms with Crippen LogP contribution in [0.5, 0.6) is 5.75 Å². The van der Waals surface area contributed by atoms with Gasteiger partial charge in [0.25, 0.3) is 5.91 Å². The average molecular weight is 443 g/mol. The minimum Gasteiger partial charge on any atom is -0.496 e. The van der Waals surface area contributed by atoms with Crippen molar-refractivity contribution < 1.29 is 28.7 Å². The molecule has 1 fully saturated rings. The van der Waals surface area contributed by atoms with Crippen molar-refractivity contribution in [1.29, 1.82) is 0 Å². The summed E-state index contributed by atoms with van der Waals surface area (Å²) in [5.74, 6) is -0.254. The van der Waals surface area contributed by atoms with Gasteiger partial charge in [0.2, 0.25) is 5.91 Å². The van der Waals surface area contributed by atoms with E-state index in [1.807, 2.05) is 18.2 Å². The number of nitrogens with one attached hydrogen (secondary N) is 2. The maximum atomic E-state index is 12.5. The number of ether oxygens (including phenoxy) is 2. The highest BCUT2D eigenvalue weighted by Gasteiger charge is 2.25. The van der Waals surface area contributed by atoms with Gasteiger partial charge in [-0.1, -0.05) is 12.1 Å². The molecule has 32 heavy (non-hydrogen) atoms. The summed E-state index contributed by atoms with van der Waals surface area (Å²) in [6.07, 6.45) is -0.808. The number of methoxy groups -OCH3 is 1. The standard InChI is InChI=1S/C21H25N5O6/c1-3-32-21(30)24-20(29)26-10-8-25(9-11-26)18(27)13-22-19(28)16-12-17(31-2)14-6-4-5-7-15(14)23-16/h4-7,12H,3,8-11,13H2,1-2H3,(H,22,28)(H,24,29,30). The van der Waals surface area contributed by atoms with Gasteiger partial charge in [-0.3, -0.25) is 9.59 Å². The lowest BCUT2D eigenvalue weighted by Gasteiger charge is -2.34. The topological polar surface area (TPSA) is 130 Å². The molecule has 2 aromatic rings. The summed E-state index contributed by atoms with van der Waals surface area (Å²) in [5.41, 5.74) is 0.759. The van der Waals surface area contributed by atoms with Crippen LogP contribution in [0.2, 0.25) is 0 Å². The third-order valence-electron chi connectivity index (χ3n) is 4.93. The van der Waals surface area contributed by atoms with Crippen molar-refractivity contribution in [2.75, 3.05) is 46.4 Å². The molecule has 0 atom stereocenters. The molecule has 0 bridgehead atoms. The molecule has 1 saturated heterocycles. The minimum absolute atomic E-state index is 0.147. The number of aromatic nitrogens is 1. The number of imide groups is 1. The number of fused-ring (bicyclic) bond motifs is 1. The molecule has 0 radical (unpaired) electrons. The van der Waals surface area contributed by atoms with E-state index in [2.05, 4.69) is 20.4 Å². The van der Waals surface area contributed by atoms with Gasteiger partial charge in [-0.05, 0) is 19.1 Å². The summed E-state index contributed by atoms with van der Waals surface area (Å²) in [5, 5.41) is 5.49. The molecule has 0 spiro atoms. The first-order chi connectivity index (χ1) is 15.4. The van der Waals surface area contributed by atoms with Crippen LogP contribution in [0.4, 0.5) is 9.59 Å². The van der Waals surface area contributed by atoms with Crippen LogP contribution >= 0.6 is 0 Å². The van der Waals surface area contributed by atoms with E-state index in [0.717, 1.165) is 5.39 Å². The lowest BCUT2D eigenvalue weighted by Crippen LogP contribution is -2.55. The Balaban J connectivity index is 1.51. The molecule has 5 amide bonds. The second-order valence-electron chi connectivity index (χ2n) is 6.93. The molecule has 2 N–H and O–H groups in total. The number of hydrogen-bond donors (Lipinski definition) is 2. The fourth-order valence-electron chi connectivity index (χ4n) is 3.28. The van der Waals surface area contributed by atoms with E-state index in [4.69, 9.17) is 4.74 Å². The number of piperazine rings is 1. The maximum Gasteiger partial charge on any atom is 0.415 e. The SMILES string of the molecule is CCOC(=O)NC(=O)N1CCN(C(=O)CNC(=O)c2cc(OC)c3ccccc3n2)CC1. The number of hydrogen-bond acceptors (Lipinski definition) is 7. The third-order valence-corrected chi connectivity index (χ3v) is 4.93. The number of nitrogens with zero attached hydrogens (tertiary/aromatic N) is 3. The molecular weight excluding hydrogens is 418 g/mol. The number of amides is 5. The van der Waals surface area contributed by atoms with Crippen molar-refractivity contribution in [3.8, 4) is 5.75 Å². The maximum absolute atomic E-state index is 12.5. The Morgan fingerprint density at radius 2 is 1.75 bits per heavy atom. The van der Waals surface area contributed by atoms with Crippen molar-refractivity contribution in [2.45, 2.75) is 6.92 Å². The third kappa shape index (κ3) is 5.42. The molecule has 2 heterocycles. The van der Waals surface area contributed by atoms with Gasteiger partial charge in [0.05, 0.1) is 25.8 Å². The Kier molecular flexibility index (Phi) is 7.42. The number of urea groups is 1. The highest BCUT2D eigenvalue weighted by Crippen LogP contribution is 2.24. The molecule has 170 valence electrons. The van der Waals surface area contributed by atoms with Crippen LogP contribution in [0.25, 0.3) is 10.9 Å². The first kappa shape index (κ1) is 22.8. The smallest absolute Gasteiger partial charge is 0.415 e. The zero-order valence-electron chi connectivity index (χ0n) is 17.9. The van der Waals surface area contributed by atoms with Gasteiger partial charge >= 0.3 is 12.1 Å². The molecule has 1 aliphatic heterocycles. The number of pyridine rings is 1. The molecular formula is C21H25N5O6. The van der Waals surface area contributed by atoms with Crippen LogP contribution in [0, 0.1) is 0 Å². The number of carbonyl (C=O) groups is 4. The summed E-state index contributed by atoms with van der Waals surface area (Å²) < 4.78 is 10.0. The molecule has 0 saturated carbocycles. The Morgan fingerprint density at radius 1 is 1.06 bits per heavy atom. The first-order valence-electron chi connectivity index (χ1n) is 10.1. The lowest BCUT2D eigenvalue weighted by atomic mass is 10.1. The molecule has 11 nitrogen and oxygen atoms in total. The normalized spacial score (nSPS) is 13.4. The molecule has 1 aromatic carbocycles. The second-order valence-corrected chi connectivity index (χ2v) is 6.93. The number of para-hydroxylation sites is 1. The number of carbonyl (C=O) groups excluding carboxylic acids is 4. The van der Waals surface area contributed by atoms with Gasteiger partial charge in [0.1, 0.15) is 11.4 Å². The van der Waals surface area contributed by atoms with Gasteiger partial charge in [-0.2, -0.15) is 0 Å². The predicted octanol–water partition coefficient (Wildman–Crippen LogP) is 0.984. The highest BCUT2D eigenvalue weighted by atomic mass is 16.5. The Bertz CT molecular complexity index is 1020.